The van der Waals surface area contributed by atoms with E-state index in [2.05, 4.69) is 0 Å². The number of benzene rings is 2. The molecule has 0 aliphatic heterocycles. The molecule has 2 aromatic rings. The predicted molar refractivity (Wildman–Crippen MR) is 67.1 cm³/mol. The molecule has 2 rings (SSSR count). The lowest BCUT2D eigenvalue weighted by molar-refractivity contribution is 0.0184. The fraction of sp³-hybridized carbons (Fsp3) is 0.0714. The second-order valence-electron chi connectivity index (χ2n) is 4.50. The Morgan fingerprint density at radius 2 is 1.33 bits per heavy atom. The van der Waals surface area contributed by atoms with Crippen molar-refractivity contribution in [1.29, 1.82) is 0 Å². The molecular weight excluding hydrogens is 347 g/mol. The maximum atomic E-state index is 14.1. The van der Waals surface area contributed by atoms with Crippen LogP contribution in [0.1, 0.15) is 15.9 Å². The van der Waals surface area contributed by atoms with Gasteiger partial charge >= 0.3 is 12.0 Å². The van der Waals surface area contributed by atoms with E-state index in [9.17, 15) is 35.5 Å². The first-order chi connectivity index (χ1) is 11.1. The number of aromatic carboxylic acids is 1. The molecule has 0 spiro atoms. The number of anilines is 1. The van der Waals surface area contributed by atoms with E-state index in [4.69, 9.17) is 5.11 Å². The zero-order valence-corrected chi connectivity index (χ0v) is 11.3. The molecule has 128 valence electrons. The molecule has 0 saturated heterocycles. The summed E-state index contributed by atoms with van der Waals surface area (Å²) in [7, 11) is 0. The molecule has 0 unspecified atom stereocenters. The third kappa shape index (κ3) is 2.86. The molecule has 0 aromatic heterocycles. The number of halogens is 7. The Morgan fingerprint density at radius 1 is 0.875 bits per heavy atom. The number of nitrogens with one attached hydrogen (secondary N) is 1. The molecule has 10 heteroatoms. The van der Waals surface area contributed by atoms with Gasteiger partial charge in [0.2, 0.25) is 5.82 Å². The van der Waals surface area contributed by atoms with Gasteiger partial charge in [-0.25, -0.2) is 26.7 Å². The second-order valence-corrected chi connectivity index (χ2v) is 4.50. The van der Waals surface area contributed by atoms with Crippen molar-refractivity contribution in [3.63, 3.8) is 0 Å². The summed E-state index contributed by atoms with van der Waals surface area (Å²) in [5.41, 5.74) is -3.89. The normalized spacial score (nSPS) is 11.5. The quantitative estimate of drug-likeness (QED) is 0.374. The van der Waals surface area contributed by atoms with Crippen LogP contribution in [0.2, 0.25) is 0 Å². The molecule has 0 fully saturated rings. The van der Waals surface area contributed by atoms with Gasteiger partial charge in [0.25, 0.3) is 0 Å². The minimum Gasteiger partial charge on any atom is -0.478 e. The van der Waals surface area contributed by atoms with Gasteiger partial charge < -0.3 is 10.4 Å². The standard InChI is InChI=1S/C14H6F7NO2/c15-8-7(9(16)11(18)12(19)10(8)17)14(20,21)22-6-4-2-1-3-5(6)13(23)24/h1-4,22H,(H,23,24). The van der Waals surface area contributed by atoms with Gasteiger partial charge in [0.15, 0.2) is 23.3 Å². The van der Waals surface area contributed by atoms with Crippen molar-refractivity contribution < 1.29 is 40.6 Å². The largest absolute Gasteiger partial charge is 0.478 e. The Labute approximate surface area is 129 Å². The smallest absolute Gasteiger partial charge is 0.356 e. The van der Waals surface area contributed by atoms with Crippen LogP contribution in [0.4, 0.5) is 36.4 Å². The number of hydrogen-bond donors (Lipinski definition) is 2. The van der Waals surface area contributed by atoms with Crippen LogP contribution in [-0.2, 0) is 6.05 Å². The molecule has 0 heterocycles. The van der Waals surface area contributed by atoms with Crippen molar-refractivity contribution in [1.82, 2.24) is 0 Å². The Hall–Kier alpha value is -2.78. The molecule has 3 nitrogen and oxygen atoms in total. The Morgan fingerprint density at radius 3 is 1.83 bits per heavy atom. The molecule has 0 aliphatic carbocycles. The number of carboxylic acids is 1. The minimum absolute atomic E-state index is 0.693. The lowest BCUT2D eigenvalue weighted by Crippen LogP contribution is -2.30. The lowest BCUT2D eigenvalue weighted by Gasteiger charge is -2.22. The molecule has 0 atom stereocenters. The monoisotopic (exact) mass is 353 g/mol. The number of para-hydroxylation sites is 1. The predicted octanol–water partition coefficient (Wildman–Crippen LogP) is 4.24. The average molecular weight is 353 g/mol. The van der Waals surface area contributed by atoms with Gasteiger partial charge in [-0.1, -0.05) is 12.1 Å². The van der Waals surface area contributed by atoms with E-state index in [1.807, 2.05) is 0 Å². The number of carboxylic acid groups (broad SMARTS) is 1. The van der Waals surface area contributed by atoms with Crippen LogP contribution in [0.5, 0.6) is 0 Å². The number of rotatable bonds is 4. The van der Waals surface area contributed by atoms with Crippen molar-refractivity contribution in [2.45, 2.75) is 6.05 Å². The van der Waals surface area contributed by atoms with Crippen LogP contribution in [0.25, 0.3) is 0 Å². The topological polar surface area (TPSA) is 49.3 Å². The van der Waals surface area contributed by atoms with Crippen molar-refractivity contribution >= 4 is 11.7 Å². The SMILES string of the molecule is O=C(O)c1ccccc1NC(F)(F)c1c(F)c(F)c(F)c(F)c1F. The highest BCUT2D eigenvalue weighted by Crippen LogP contribution is 2.37. The molecule has 0 radical (unpaired) electrons. The maximum Gasteiger partial charge on any atom is 0.356 e. The molecule has 24 heavy (non-hydrogen) atoms. The van der Waals surface area contributed by atoms with E-state index in [0.29, 0.717) is 0 Å². The van der Waals surface area contributed by atoms with Crippen LogP contribution in [0, 0.1) is 29.1 Å². The lowest BCUT2D eigenvalue weighted by atomic mass is 10.1. The first kappa shape index (κ1) is 17.6. The highest BCUT2D eigenvalue weighted by molar-refractivity contribution is 5.94. The number of alkyl halides is 2. The highest BCUT2D eigenvalue weighted by Gasteiger charge is 2.43. The Bertz CT molecular complexity index is 794. The van der Waals surface area contributed by atoms with Crippen LogP contribution < -0.4 is 5.32 Å². The van der Waals surface area contributed by atoms with Crippen molar-refractivity contribution in [2.24, 2.45) is 0 Å². The summed E-state index contributed by atoms with van der Waals surface area (Å²) in [6.07, 6.45) is 0. The molecule has 2 N–H and O–H groups in total. The summed E-state index contributed by atoms with van der Waals surface area (Å²) in [6, 6.07) is -0.730. The third-order valence-corrected chi connectivity index (χ3v) is 2.97. The van der Waals surface area contributed by atoms with Crippen molar-refractivity contribution in [3.8, 4) is 0 Å². The van der Waals surface area contributed by atoms with Gasteiger partial charge in [-0.05, 0) is 12.1 Å². The summed E-state index contributed by atoms with van der Waals surface area (Å²) < 4.78 is 94.2. The molecule has 0 saturated carbocycles. The fourth-order valence-corrected chi connectivity index (χ4v) is 1.89. The number of carbonyl (C=O) groups is 1. The number of hydrogen-bond acceptors (Lipinski definition) is 2. The molecule has 0 bridgehead atoms. The summed E-state index contributed by atoms with van der Waals surface area (Å²) in [5, 5.41) is 10.1. The zero-order valence-electron chi connectivity index (χ0n) is 11.3. The molecule has 0 aliphatic rings. The van der Waals surface area contributed by atoms with E-state index < -0.39 is 57.9 Å². The van der Waals surface area contributed by atoms with E-state index in [1.54, 1.807) is 0 Å². The van der Waals surface area contributed by atoms with Crippen molar-refractivity contribution in [2.75, 3.05) is 5.32 Å². The first-order valence-corrected chi connectivity index (χ1v) is 6.08. The molecule has 0 amide bonds. The van der Waals surface area contributed by atoms with Gasteiger partial charge in [-0.2, -0.15) is 8.78 Å². The van der Waals surface area contributed by atoms with E-state index in [-0.39, 0.29) is 0 Å². The average Bonchev–Trinajstić information content (AvgIpc) is 2.50. The van der Waals surface area contributed by atoms with Crippen LogP contribution in [-0.4, -0.2) is 11.1 Å². The van der Waals surface area contributed by atoms with Gasteiger partial charge in [-0.3, -0.25) is 0 Å². The zero-order chi connectivity index (χ0) is 18.2. The van der Waals surface area contributed by atoms with Gasteiger partial charge in [-0.15, -0.1) is 0 Å². The third-order valence-electron chi connectivity index (χ3n) is 2.97. The molecular formula is C14H6F7NO2. The van der Waals surface area contributed by atoms with Crippen LogP contribution in [0.15, 0.2) is 24.3 Å². The van der Waals surface area contributed by atoms with E-state index >= 15 is 0 Å². The summed E-state index contributed by atoms with van der Waals surface area (Å²) in [6.45, 7) is 0. The first-order valence-electron chi connectivity index (χ1n) is 6.08. The van der Waals surface area contributed by atoms with Gasteiger partial charge in [0.1, 0.15) is 5.56 Å². The van der Waals surface area contributed by atoms with Gasteiger partial charge in [0, 0.05) is 0 Å². The summed E-state index contributed by atoms with van der Waals surface area (Å²) in [5.74, 6) is -14.8. The second kappa shape index (κ2) is 6.02. The fourth-order valence-electron chi connectivity index (χ4n) is 1.89. The van der Waals surface area contributed by atoms with E-state index in [1.165, 1.54) is 11.4 Å². The maximum absolute atomic E-state index is 14.1. The Kier molecular flexibility index (Phi) is 4.41. The van der Waals surface area contributed by atoms with E-state index in [0.717, 1.165) is 18.2 Å². The molecule has 2 aromatic carbocycles. The summed E-state index contributed by atoms with van der Waals surface area (Å²) in [4.78, 5) is 10.9. The minimum atomic E-state index is -4.78. The van der Waals surface area contributed by atoms with Gasteiger partial charge in [0.05, 0.1) is 11.3 Å². The van der Waals surface area contributed by atoms with Crippen LogP contribution >= 0.6 is 0 Å². The highest BCUT2D eigenvalue weighted by atomic mass is 19.3. The van der Waals surface area contributed by atoms with Crippen LogP contribution in [0.3, 0.4) is 0 Å². The summed E-state index contributed by atoms with van der Waals surface area (Å²) >= 11 is 0. The van der Waals surface area contributed by atoms with Crippen molar-refractivity contribution in [3.05, 3.63) is 64.5 Å². The Balaban J connectivity index is 2.59.